The minimum Gasteiger partial charge on any atom is -0.327 e. The lowest BCUT2D eigenvalue weighted by Gasteiger charge is -2.12. The van der Waals surface area contributed by atoms with E-state index >= 15 is 0 Å². The van der Waals surface area contributed by atoms with E-state index < -0.39 is 0 Å². The summed E-state index contributed by atoms with van der Waals surface area (Å²) in [5.41, 5.74) is 8.16. The summed E-state index contributed by atoms with van der Waals surface area (Å²) in [4.78, 5) is 0. The predicted molar refractivity (Wildman–Crippen MR) is 62.3 cm³/mol. The van der Waals surface area contributed by atoms with E-state index in [2.05, 4.69) is 6.92 Å². The van der Waals surface area contributed by atoms with Crippen molar-refractivity contribution < 1.29 is 4.39 Å². The lowest BCUT2D eigenvalue weighted by molar-refractivity contribution is 0.568. The highest BCUT2D eigenvalue weighted by molar-refractivity contribution is 5.27. The molecule has 0 heterocycles. The zero-order valence-corrected chi connectivity index (χ0v) is 9.59. The van der Waals surface area contributed by atoms with Crippen LogP contribution in [0, 0.1) is 12.7 Å². The van der Waals surface area contributed by atoms with Crippen LogP contribution in [0.25, 0.3) is 0 Å². The van der Waals surface area contributed by atoms with Gasteiger partial charge in [-0.15, -0.1) is 0 Å². The lowest BCUT2D eigenvalue weighted by atomic mass is 9.98. The molecule has 0 spiro atoms. The molecule has 0 fully saturated rings. The summed E-state index contributed by atoms with van der Waals surface area (Å²) >= 11 is 0. The van der Waals surface area contributed by atoms with Crippen molar-refractivity contribution in [2.75, 3.05) is 0 Å². The molecule has 15 heavy (non-hydrogen) atoms. The number of halogens is 1. The molecule has 0 amide bonds. The molecule has 1 atom stereocenters. The van der Waals surface area contributed by atoms with E-state index in [0.717, 1.165) is 36.8 Å². The van der Waals surface area contributed by atoms with Gasteiger partial charge in [-0.1, -0.05) is 25.8 Å². The average Bonchev–Trinajstić information content (AvgIpc) is 2.20. The molecule has 1 aromatic rings. The maximum Gasteiger partial charge on any atom is 0.123 e. The molecule has 1 nitrogen and oxygen atoms in total. The second-order valence-corrected chi connectivity index (χ2v) is 4.18. The molecule has 0 saturated carbocycles. The number of hydrogen-bond donors (Lipinski definition) is 1. The standard InChI is InChI=1S/C13H20FN/c1-3-4-5-13(15)9-11-8-12(14)7-6-10(11)2/h6-8,13H,3-5,9,15H2,1-2H3. The Bertz CT molecular complexity index is 309. The van der Waals surface area contributed by atoms with Crippen molar-refractivity contribution in [3.05, 3.63) is 35.1 Å². The van der Waals surface area contributed by atoms with Crippen molar-refractivity contribution in [2.24, 2.45) is 5.73 Å². The summed E-state index contributed by atoms with van der Waals surface area (Å²) in [6.07, 6.45) is 4.11. The maximum atomic E-state index is 13.0. The minimum atomic E-state index is -0.168. The summed E-state index contributed by atoms with van der Waals surface area (Å²) in [5.74, 6) is -0.168. The van der Waals surface area contributed by atoms with Crippen molar-refractivity contribution in [3.8, 4) is 0 Å². The lowest BCUT2D eigenvalue weighted by Crippen LogP contribution is -2.23. The molecule has 0 aliphatic carbocycles. The summed E-state index contributed by atoms with van der Waals surface area (Å²) in [7, 11) is 0. The van der Waals surface area contributed by atoms with Gasteiger partial charge in [0, 0.05) is 6.04 Å². The van der Waals surface area contributed by atoms with E-state index in [0.29, 0.717) is 0 Å². The highest BCUT2D eigenvalue weighted by atomic mass is 19.1. The molecule has 0 saturated heterocycles. The third kappa shape index (κ3) is 4.00. The van der Waals surface area contributed by atoms with E-state index in [-0.39, 0.29) is 11.9 Å². The molecular formula is C13H20FN. The molecule has 0 aromatic heterocycles. The van der Waals surface area contributed by atoms with Crippen LogP contribution >= 0.6 is 0 Å². The molecule has 2 heteroatoms. The first-order valence-corrected chi connectivity index (χ1v) is 5.64. The second-order valence-electron chi connectivity index (χ2n) is 4.18. The normalized spacial score (nSPS) is 12.8. The Morgan fingerprint density at radius 1 is 1.40 bits per heavy atom. The van der Waals surface area contributed by atoms with Crippen LogP contribution in [0.3, 0.4) is 0 Å². The Morgan fingerprint density at radius 3 is 2.80 bits per heavy atom. The van der Waals surface area contributed by atoms with Gasteiger partial charge in [-0.2, -0.15) is 0 Å². The monoisotopic (exact) mass is 209 g/mol. The number of aryl methyl sites for hydroxylation is 1. The van der Waals surface area contributed by atoms with Crippen molar-refractivity contribution in [1.29, 1.82) is 0 Å². The number of benzene rings is 1. The molecule has 1 unspecified atom stereocenters. The summed E-state index contributed by atoms with van der Waals surface area (Å²) in [6, 6.07) is 5.07. The van der Waals surface area contributed by atoms with Gasteiger partial charge < -0.3 is 5.73 Å². The molecule has 1 aromatic carbocycles. The fourth-order valence-electron chi connectivity index (χ4n) is 1.71. The first kappa shape index (κ1) is 12.2. The summed E-state index contributed by atoms with van der Waals surface area (Å²) in [6.45, 7) is 4.15. The van der Waals surface area contributed by atoms with E-state index in [1.165, 1.54) is 6.07 Å². The van der Waals surface area contributed by atoms with Crippen LogP contribution in [-0.4, -0.2) is 6.04 Å². The van der Waals surface area contributed by atoms with E-state index in [1.54, 1.807) is 6.07 Å². The fourth-order valence-corrected chi connectivity index (χ4v) is 1.71. The Balaban J connectivity index is 2.59. The van der Waals surface area contributed by atoms with Crippen molar-refractivity contribution in [3.63, 3.8) is 0 Å². The Labute approximate surface area is 91.5 Å². The molecular weight excluding hydrogens is 189 g/mol. The molecule has 0 aliphatic rings. The summed E-state index contributed by atoms with van der Waals surface area (Å²) < 4.78 is 13.0. The van der Waals surface area contributed by atoms with Crippen LogP contribution in [0.5, 0.6) is 0 Å². The van der Waals surface area contributed by atoms with Crippen LogP contribution in [-0.2, 0) is 6.42 Å². The average molecular weight is 209 g/mol. The number of nitrogens with two attached hydrogens (primary N) is 1. The van der Waals surface area contributed by atoms with E-state index in [1.807, 2.05) is 13.0 Å². The van der Waals surface area contributed by atoms with Crippen molar-refractivity contribution in [2.45, 2.75) is 45.6 Å². The molecule has 1 rings (SSSR count). The summed E-state index contributed by atoms with van der Waals surface area (Å²) in [5, 5.41) is 0. The number of unbranched alkanes of at least 4 members (excludes halogenated alkanes) is 1. The van der Waals surface area contributed by atoms with E-state index in [9.17, 15) is 4.39 Å². The molecule has 0 radical (unpaired) electrons. The van der Waals surface area contributed by atoms with Gasteiger partial charge in [0.25, 0.3) is 0 Å². The minimum absolute atomic E-state index is 0.158. The Morgan fingerprint density at radius 2 is 2.13 bits per heavy atom. The Kier molecular flexibility index (Phi) is 4.76. The predicted octanol–water partition coefficient (Wildman–Crippen LogP) is 3.19. The van der Waals surface area contributed by atoms with Gasteiger partial charge in [0.2, 0.25) is 0 Å². The second kappa shape index (κ2) is 5.86. The fraction of sp³-hybridized carbons (Fsp3) is 0.538. The van der Waals surface area contributed by atoms with Gasteiger partial charge in [-0.05, 0) is 43.0 Å². The third-order valence-electron chi connectivity index (χ3n) is 2.72. The van der Waals surface area contributed by atoms with Gasteiger partial charge in [0.1, 0.15) is 5.82 Å². The van der Waals surface area contributed by atoms with Gasteiger partial charge in [-0.3, -0.25) is 0 Å². The van der Waals surface area contributed by atoms with Gasteiger partial charge in [0.15, 0.2) is 0 Å². The van der Waals surface area contributed by atoms with Crippen LogP contribution in [0.1, 0.15) is 37.3 Å². The van der Waals surface area contributed by atoms with Crippen LogP contribution in [0.15, 0.2) is 18.2 Å². The first-order chi connectivity index (χ1) is 7.13. The van der Waals surface area contributed by atoms with Crippen LogP contribution in [0.2, 0.25) is 0 Å². The van der Waals surface area contributed by atoms with Gasteiger partial charge >= 0.3 is 0 Å². The van der Waals surface area contributed by atoms with Gasteiger partial charge in [0.05, 0.1) is 0 Å². The highest BCUT2D eigenvalue weighted by Gasteiger charge is 2.06. The molecule has 0 aliphatic heterocycles. The Hall–Kier alpha value is -0.890. The SMILES string of the molecule is CCCCC(N)Cc1cc(F)ccc1C. The zero-order valence-electron chi connectivity index (χ0n) is 9.59. The molecule has 2 N–H and O–H groups in total. The topological polar surface area (TPSA) is 26.0 Å². The molecule has 0 bridgehead atoms. The zero-order chi connectivity index (χ0) is 11.3. The van der Waals surface area contributed by atoms with Gasteiger partial charge in [-0.25, -0.2) is 4.39 Å². The quantitative estimate of drug-likeness (QED) is 0.791. The van der Waals surface area contributed by atoms with E-state index in [4.69, 9.17) is 5.73 Å². The first-order valence-electron chi connectivity index (χ1n) is 5.64. The van der Waals surface area contributed by atoms with Crippen molar-refractivity contribution in [1.82, 2.24) is 0 Å². The largest absolute Gasteiger partial charge is 0.327 e. The van der Waals surface area contributed by atoms with Crippen molar-refractivity contribution >= 4 is 0 Å². The van der Waals surface area contributed by atoms with Crippen LogP contribution in [0.4, 0.5) is 4.39 Å². The van der Waals surface area contributed by atoms with Crippen LogP contribution < -0.4 is 5.73 Å². The highest BCUT2D eigenvalue weighted by Crippen LogP contribution is 2.13. The maximum absolute atomic E-state index is 13.0. The molecule has 84 valence electrons. The number of rotatable bonds is 5. The third-order valence-corrected chi connectivity index (χ3v) is 2.72. The smallest absolute Gasteiger partial charge is 0.123 e. The number of hydrogen-bond acceptors (Lipinski definition) is 1.